The Morgan fingerprint density at radius 2 is 1.58 bits per heavy atom. The molecule has 0 aromatic rings. The first-order valence-electron chi connectivity index (χ1n) is 22.3. The van der Waals surface area contributed by atoms with Gasteiger partial charge in [0.15, 0.2) is 22.4 Å². The van der Waals surface area contributed by atoms with Gasteiger partial charge in [0.2, 0.25) is 0 Å². The second-order valence-electron chi connectivity index (χ2n) is 22.0. The third-order valence-corrected chi connectivity index (χ3v) is 25.3. The van der Waals surface area contributed by atoms with Gasteiger partial charge < -0.3 is 23.4 Å². The summed E-state index contributed by atoms with van der Waals surface area (Å²) in [7, 11) is -4.01. The summed E-state index contributed by atoms with van der Waals surface area (Å²) in [6, 6.07) is 0. The fourth-order valence-corrected chi connectivity index (χ4v) is 13.2. The fraction of sp³-hybridized carbons (Fsp3) is 0.851. The van der Waals surface area contributed by atoms with Gasteiger partial charge in [-0.25, -0.2) is 0 Å². The molecule has 0 radical (unpaired) electrons. The van der Waals surface area contributed by atoms with Gasteiger partial charge in [-0.3, -0.25) is 4.79 Å². The van der Waals surface area contributed by atoms with Gasteiger partial charge in [0.25, 0.3) is 0 Å². The Balaban J connectivity index is 1.27. The number of allylic oxidation sites excluding steroid dienone is 3. The van der Waals surface area contributed by atoms with Crippen molar-refractivity contribution in [3.63, 3.8) is 0 Å². The van der Waals surface area contributed by atoms with Crippen LogP contribution in [0.25, 0.3) is 0 Å². The maximum absolute atomic E-state index is 13.4. The first kappa shape index (κ1) is 45.2. The lowest BCUT2D eigenvalue weighted by Gasteiger charge is -2.46. The van der Waals surface area contributed by atoms with Crippen LogP contribution in [0.15, 0.2) is 35.5 Å². The van der Waals surface area contributed by atoms with Gasteiger partial charge in [-0.1, -0.05) is 93.0 Å². The van der Waals surface area contributed by atoms with E-state index in [0.717, 1.165) is 69.8 Å². The van der Waals surface area contributed by atoms with Crippen LogP contribution in [0.2, 0.25) is 36.3 Å². The summed E-state index contributed by atoms with van der Waals surface area (Å²) < 4.78 is 26.6. The summed E-state index contributed by atoms with van der Waals surface area (Å²) in [5, 5.41) is 11.9. The lowest BCUT2D eigenvalue weighted by molar-refractivity contribution is -0.213. The van der Waals surface area contributed by atoms with Crippen LogP contribution in [-0.4, -0.2) is 64.8 Å². The second kappa shape index (κ2) is 16.6. The molecule has 0 aromatic heterocycles. The highest BCUT2D eigenvalue weighted by atomic mass is 28.4. The molecule has 4 aliphatic carbocycles. The Labute approximate surface area is 339 Å². The van der Waals surface area contributed by atoms with E-state index in [1.54, 1.807) is 5.57 Å². The van der Waals surface area contributed by atoms with Crippen molar-refractivity contribution in [1.29, 1.82) is 0 Å². The van der Waals surface area contributed by atoms with Crippen molar-refractivity contribution in [2.75, 3.05) is 13.2 Å². The van der Waals surface area contributed by atoms with E-state index >= 15 is 0 Å². The molecule has 5 rings (SSSR count). The van der Waals surface area contributed by atoms with Gasteiger partial charge in [0, 0.05) is 31.1 Å². The highest BCUT2D eigenvalue weighted by Crippen LogP contribution is 2.62. The molecule has 0 spiro atoms. The first-order chi connectivity index (χ1) is 25.4. The number of ketones is 1. The summed E-state index contributed by atoms with van der Waals surface area (Å²) >= 11 is 0. The number of Topliss-reactive ketones (excluding diaryl/α,β-unsaturated/α-hetero) is 1. The predicted molar refractivity (Wildman–Crippen MR) is 232 cm³/mol. The van der Waals surface area contributed by atoms with Crippen molar-refractivity contribution in [2.24, 2.45) is 28.6 Å². The van der Waals surface area contributed by atoms with E-state index in [-0.39, 0.29) is 51.2 Å². The largest absolute Gasteiger partial charge is 0.413 e. The summed E-state index contributed by atoms with van der Waals surface area (Å²) in [4.78, 5) is 13.4. The van der Waals surface area contributed by atoms with Crippen molar-refractivity contribution in [2.45, 2.75) is 213 Å². The van der Waals surface area contributed by atoms with E-state index in [4.69, 9.17) is 24.9 Å². The van der Waals surface area contributed by atoms with Crippen LogP contribution in [0.4, 0.5) is 0 Å². The predicted octanol–water partition coefficient (Wildman–Crippen LogP) is 12.2. The zero-order chi connectivity index (χ0) is 40.8. The maximum Gasteiger partial charge on any atom is 0.192 e. The molecule has 7 atom stereocenters. The number of hydrogen-bond donors (Lipinski definition) is 1. The molecule has 1 N–H and O–H groups in total. The number of carbonyl (C=O) groups excluding carboxylic acids is 1. The van der Waals surface area contributed by atoms with Crippen LogP contribution >= 0.6 is 0 Å². The van der Waals surface area contributed by atoms with Gasteiger partial charge in [0.05, 0.1) is 31.5 Å². The van der Waals surface area contributed by atoms with Gasteiger partial charge >= 0.3 is 0 Å². The van der Waals surface area contributed by atoms with Crippen LogP contribution in [0.3, 0.4) is 0 Å². The van der Waals surface area contributed by atoms with E-state index < -0.39 is 28.5 Å². The monoisotopic (exact) mass is 799 g/mol. The molecule has 1 heterocycles. The quantitative estimate of drug-likeness (QED) is 0.166. The molecular formula is C47H82O6Si2. The third-order valence-electron chi connectivity index (χ3n) is 16.3. The first-order valence-corrected chi connectivity index (χ1v) is 28.1. The number of aliphatic hydroxyl groups is 1. The van der Waals surface area contributed by atoms with Crippen LogP contribution in [0.1, 0.15) is 152 Å². The van der Waals surface area contributed by atoms with E-state index in [9.17, 15) is 9.90 Å². The van der Waals surface area contributed by atoms with Gasteiger partial charge in [-0.15, -0.1) is 0 Å². The van der Waals surface area contributed by atoms with Crippen LogP contribution in [-0.2, 0) is 23.1 Å². The Morgan fingerprint density at radius 1 is 0.964 bits per heavy atom. The standard InChI is InChI=1S/C47H82O6Si2/c1-15-23-47(50-28-29-51-47)46(26-27-46)25-22-37(48)31-41(49)34(3)39-20-21-40-35(17-16-24-45(39,40)10)18-19-36-30-38(52-54(11,12)43(4,5)6)32-42(33(36)2)53-55(13,14)44(7,8)9/h18-19,34,38-42,49H,2,15-17,20-32H2,1,3-14H3/b35-18+,36-19-/t34-,38+,39+,40-,41?,42-,45+/m0/s1. The zero-order valence-electron chi connectivity index (χ0n) is 37.6. The minimum atomic E-state index is -2.03. The Morgan fingerprint density at radius 3 is 2.16 bits per heavy atom. The molecule has 6 nitrogen and oxygen atoms in total. The number of carbonyl (C=O) groups is 1. The minimum Gasteiger partial charge on any atom is -0.413 e. The lowest BCUT2D eigenvalue weighted by atomic mass is 9.60. The average molecular weight is 799 g/mol. The molecule has 0 bridgehead atoms. The number of ether oxygens (including phenoxy) is 2. The normalized spacial score (nSPS) is 32.5. The van der Waals surface area contributed by atoms with E-state index in [1.807, 2.05) is 0 Å². The van der Waals surface area contributed by atoms with Crippen molar-refractivity contribution in [3.8, 4) is 0 Å². The van der Waals surface area contributed by atoms with Crippen LogP contribution in [0, 0.1) is 28.6 Å². The third kappa shape index (κ3) is 9.46. The van der Waals surface area contributed by atoms with E-state index in [0.29, 0.717) is 31.5 Å². The van der Waals surface area contributed by atoms with Gasteiger partial charge in [-0.05, 0) is 128 Å². The van der Waals surface area contributed by atoms with E-state index in [1.165, 1.54) is 18.4 Å². The van der Waals surface area contributed by atoms with Crippen molar-refractivity contribution < 1.29 is 28.2 Å². The highest BCUT2D eigenvalue weighted by molar-refractivity contribution is 6.74. The van der Waals surface area contributed by atoms with Gasteiger partial charge in [0.1, 0.15) is 5.78 Å². The number of hydrogen-bond acceptors (Lipinski definition) is 6. The Hall–Kier alpha value is -0.876. The van der Waals surface area contributed by atoms with Gasteiger partial charge in [-0.2, -0.15) is 0 Å². The van der Waals surface area contributed by atoms with Crippen molar-refractivity contribution in [3.05, 3.63) is 35.5 Å². The number of rotatable bonds is 15. The second-order valence-corrected chi connectivity index (χ2v) is 31.5. The summed E-state index contributed by atoms with van der Waals surface area (Å²) in [5.74, 6) is 0.659. The van der Waals surface area contributed by atoms with Crippen molar-refractivity contribution >= 4 is 22.4 Å². The molecule has 314 valence electrons. The SMILES string of the molecule is C=C1/C(=C\C=C2/CCC[C@]3(C)[C@@H]([C@H](C)C(O)CC(=O)CCC4(C5(CCC)OCCO5)CC4)CC[C@@H]23)C[C@@H](O[Si](C)(C)C(C)(C)C)C[C@@H]1O[Si](C)(C)C(C)(C)C. The topological polar surface area (TPSA) is 74.2 Å². The van der Waals surface area contributed by atoms with Crippen LogP contribution < -0.4 is 0 Å². The minimum absolute atomic E-state index is 0.0248. The number of fused-ring (bicyclic) bond motifs is 1. The summed E-state index contributed by atoms with van der Waals surface area (Å²) in [6.45, 7) is 36.2. The smallest absolute Gasteiger partial charge is 0.192 e. The Bertz CT molecular complexity index is 1440. The highest BCUT2D eigenvalue weighted by Gasteiger charge is 2.62. The maximum atomic E-state index is 13.4. The molecule has 1 aliphatic heterocycles. The Kier molecular flexibility index (Phi) is 13.7. The van der Waals surface area contributed by atoms with Crippen molar-refractivity contribution in [1.82, 2.24) is 0 Å². The number of aliphatic hydroxyl groups excluding tert-OH is 1. The molecular weight excluding hydrogens is 717 g/mol. The van der Waals surface area contributed by atoms with Crippen LogP contribution in [0.5, 0.6) is 0 Å². The average Bonchev–Trinajstić information content (AvgIpc) is 3.58. The molecule has 0 aromatic carbocycles. The summed E-state index contributed by atoms with van der Waals surface area (Å²) in [5.41, 5.74) is 4.07. The zero-order valence-corrected chi connectivity index (χ0v) is 39.6. The molecule has 0 amide bonds. The van der Waals surface area contributed by atoms with E-state index in [2.05, 4.69) is 101 Å². The molecule has 5 aliphatic rings. The lowest BCUT2D eigenvalue weighted by Crippen LogP contribution is -2.49. The molecule has 8 heteroatoms. The molecule has 4 saturated carbocycles. The molecule has 5 fully saturated rings. The molecule has 1 saturated heterocycles. The molecule has 1 unspecified atom stereocenters. The fourth-order valence-electron chi connectivity index (χ4n) is 10.5. The molecule has 55 heavy (non-hydrogen) atoms. The summed E-state index contributed by atoms with van der Waals surface area (Å²) in [6.07, 6.45) is 17.4.